The molecule has 110 valence electrons. The van der Waals surface area contributed by atoms with Crippen LogP contribution in [0, 0.1) is 5.92 Å². The molecule has 1 aromatic carbocycles. The van der Waals surface area contributed by atoms with Gasteiger partial charge in [0, 0.05) is 6.54 Å². The average Bonchev–Trinajstić information content (AvgIpc) is 2.76. The van der Waals surface area contributed by atoms with Gasteiger partial charge in [-0.2, -0.15) is 0 Å². The first kappa shape index (κ1) is 14.8. The zero-order valence-electron chi connectivity index (χ0n) is 11.4. The van der Waals surface area contributed by atoms with Gasteiger partial charge < -0.3 is 10.1 Å². The first-order valence-electron chi connectivity index (χ1n) is 6.66. The molecule has 1 N–H and O–H groups in total. The summed E-state index contributed by atoms with van der Waals surface area (Å²) in [7, 11) is -2.89. The lowest BCUT2D eigenvalue weighted by Gasteiger charge is -2.16. The third-order valence-electron chi connectivity index (χ3n) is 3.32. The molecular weight excluding hydrogens is 278 g/mol. The van der Waals surface area contributed by atoms with E-state index < -0.39 is 15.9 Å². The number of amides is 1. The smallest absolute Gasteiger partial charge is 0.260 e. The molecule has 0 spiro atoms. The van der Waals surface area contributed by atoms with Gasteiger partial charge in [-0.25, -0.2) is 8.42 Å². The lowest BCUT2D eigenvalue weighted by molar-refractivity contribution is -0.127. The number of hydrogen-bond acceptors (Lipinski definition) is 4. The minimum Gasteiger partial charge on any atom is -0.481 e. The Morgan fingerprint density at radius 1 is 1.40 bits per heavy atom. The number of benzene rings is 1. The Labute approximate surface area is 119 Å². The van der Waals surface area contributed by atoms with Gasteiger partial charge in [-0.3, -0.25) is 4.79 Å². The molecule has 1 heterocycles. The van der Waals surface area contributed by atoms with Crippen LogP contribution in [0.4, 0.5) is 0 Å². The molecule has 0 radical (unpaired) electrons. The highest BCUT2D eigenvalue weighted by molar-refractivity contribution is 7.91. The van der Waals surface area contributed by atoms with Gasteiger partial charge >= 0.3 is 0 Å². The molecule has 1 aliphatic heterocycles. The summed E-state index contributed by atoms with van der Waals surface area (Å²) >= 11 is 0. The van der Waals surface area contributed by atoms with Crippen LogP contribution in [0.3, 0.4) is 0 Å². The second-order valence-electron chi connectivity index (χ2n) is 5.09. The van der Waals surface area contributed by atoms with Crippen LogP contribution in [-0.2, 0) is 14.6 Å². The van der Waals surface area contributed by atoms with Crippen molar-refractivity contribution in [2.24, 2.45) is 5.92 Å². The molecular formula is C14H19NO4S. The fraction of sp³-hybridized carbons (Fsp3) is 0.500. The molecule has 1 aromatic rings. The number of carbonyl (C=O) groups excluding carboxylic acids is 1. The van der Waals surface area contributed by atoms with E-state index in [1.165, 1.54) is 0 Å². The van der Waals surface area contributed by atoms with Crippen molar-refractivity contribution in [1.29, 1.82) is 0 Å². The fourth-order valence-corrected chi connectivity index (χ4v) is 4.04. The van der Waals surface area contributed by atoms with E-state index in [0.29, 0.717) is 18.7 Å². The quantitative estimate of drug-likeness (QED) is 0.880. The van der Waals surface area contributed by atoms with Gasteiger partial charge in [0.15, 0.2) is 15.9 Å². The largest absolute Gasteiger partial charge is 0.481 e. The summed E-state index contributed by atoms with van der Waals surface area (Å²) in [5.41, 5.74) is 0. The van der Waals surface area contributed by atoms with Crippen molar-refractivity contribution in [1.82, 2.24) is 5.32 Å². The van der Waals surface area contributed by atoms with Crippen molar-refractivity contribution >= 4 is 15.7 Å². The average molecular weight is 297 g/mol. The molecule has 0 saturated carbocycles. The zero-order valence-corrected chi connectivity index (χ0v) is 12.2. The number of hydrogen-bond donors (Lipinski definition) is 1. The number of ether oxygens (including phenoxy) is 1. The maximum Gasteiger partial charge on any atom is 0.260 e. The molecule has 0 aromatic heterocycles. The fourth-order valence-electron chi connectivity index (χ4n) is 2.18. The Balaban J connectivity index is 1.77. The summed E-state index contributed by atoms with van der Waals surface area (Å²) in [5.74, 6) is 0.828. The summed E-state index contributed by atoms with van der Waals surface area (Å²) in [6.45, 7) is 2.06. The molecule has 20 heavy (non-hydrogen) atoms. The third-order valence-corrected chi connectivity index (χ3v) is 5.15. The van der Waals surface area contributed by atoms with Crippen LogP contribution in [0.1, 0.15) is 13.3 Å². The van der Waals surface area contributed by atoms with E-state index in [1.54, 1.807) is 19.1 Å². The minimum atomic E-state index is -2.89. The summed E-state index contributed by atoms with van der Waals surface area (Å²) in [6, 6.07) is 9.12. The van der Waals surface area contributed by atoms with Crippen LogP contribution in [0.2, 0.25) is 0 Å². The van der Waals surface area contributed by atoms with Crippen molar-refractivity contribution in [3.8, 4) is 5.75 Å². The molecule has 2 rings (SSSR count). The lowest BCUT2D eigenvalue weighted by Crippen LogP contribution is -2.39. The van der Waals surface area contributed by atoms with Gasteiger partial charge in [0.2, 0.25) is 0 Å². The lowest BCUT2D eigenvalue weighted by atomic mass is 10.1. The van der Waals surface area contributed by atoms with Crippen molar-refractivity contribution in [2.75, 3.05) is 18.1 Å². The predicted molar refractivity (Wildman–Crippen MR) is 76.3 cm³/mol. The SMILES string of the molecule is CC(Oc1ccccc1)C(=O)NCC1CCS(=O)(=O)C1. The van der Waals surface area contributed by atoms with E-state index >= 15 is 0 Å². The molecule has 0 aliphatic carbocycles. The Morgan fingerprint density at radius 3 is 2.70 bits per heavy atom. The number of carbonyl (C=O) groups is 1. The molecule has 6 heteroatoms. The van der Waals surface area contributed by atoms with Crippen LogP contribution < -0.4 is 10.1 Å². The first-order chi connectivity index (χ1) is 9.46. The Morgan fingerprint density at radius 2 is 2.10 bits per heavy atom. The maximum absolute atomic E-state index is 11.9. The molecule has 1 saturated heterocycles. The highest BCUT2D eigenvalue weighted by Crippen LogP contribution is 2.17. The van der Waals surface area contributed by atoms with Crippen molar-refractivity contribution in [3.05, 3.63) is 30.3 Å². The molecule has 2 atom stereocenters. The second kappa shape index (κ2) is 6.26. The zero-order chi connectivity index (χ0) is 14.6. The van der Waals surface area contributed by atoms with Gasteiger partial charge in [0.1, 0.15) is 5.75 Å². The summed E-state index contributed by atoms with van der Waals surface area (Å²) in [6.07, 6.45) is 0.0201. The standard InChI is InChI=1S/C14H19NO4S/c1-11(19-13-5-3-2-4-6-13)14(16)15-9-12-7-8-20(17,18)10-12/h2-6,11-12H,7-10H2,1H3,(H,15,16). The van der Waals surface area contributed by atoms with Gasteiger partial charge in [0.25, 0.3) is 5.91 Å². The van der Waals surface area contributed by atoms with E-state index in [9.17, 15) is 13.2 Å². The number of rotatable bonds is 5. The summed E-state index contributed by atoms with van der Waals surface area (Å²) < 4.78 is 28.1. The normalized spacial score (nSPS) is 22.1. The maximum atomic E-state index is 11.9. The van der Waals surface area contributed by atoms with E-state index in [0.717, 1.165) is 0 Å². The van der Waals surface area contributed by atoms with Crippen molar-refractivity contribution in [2.45, 2.75) is 19.4 Å². The third kappa shape index (κ3) is 4.23. The molecule has 1 amide bonds. The molecule has 5 nitrogen and oxygen atoms in total. The van der Waals surface area contributed by atoms with Crippen molar-refractivity contribution < 1.29 is 17.9 Å². The predicted octanol–water partition coefficient (Wildman–Crippen LogP) is 1.00. The van der Waals surface area contributed by atoms with Crippen LogP contribution >= 0.6 is 0 Å². The Kier molecular flexibility index (Phi) is 4.65. The van der Waals surface area contributed by atoms with Crippen LogP contribution in [-0.4, -0.2) is 38.5 Å². The first-order valence-corrected chi connectivity index (χ1v) is 8.48. The monoisotopic (exact) mass is 297 g/mol. The highest BCUT2D eigenvalue weighted by Gasteiger charge is 2.28. The van der Waals surface area contributed by atoms with E-state index in [-0.39, 0.29) is 23.3 Å². The summed E-state index contributed by atoms with van der Waals surface area (Å²) in [4.78, 5) is 11.9. The Hall–Kier alpha value is -1.56. The van der Waals surface area contributed by atoms with Crippen LogP contribution in [0.25, 0.3) is 0 Å². The highest BCUT2D eigenvalue weighted by atomic mass is 32.2. The molecule has 1 fully saturated rings. The number of para-hydroxylation sites is 1. The van der Waals surface area contributed by atoms with E-state index in [4.69, 9.17) is 4.74 Å². The van der Waals surface area contributed by atoms with Gasteiger partial charge in [-0.1, -0.05) is 18.2 Å². The molecule has 0 bridgehead atoms. The number of sulfone groups is 1. The topological polar surface area (TPSA) is 72.5 Å². The second-order valence-corrected chi connectivity index (χ2v) is 7.32. The Bertz CT molecular complexity index is 556. The van der Waals surface area contributed by atoms with Gasteiger partial charge in [-0.05, 0) is 31.4 Å². The van der Waals surface area contributed by atoms with Crippen molar-refractivity contribution in [3.63, 3.8) is 0 Å². The van der Waals surface area contributed by atoms with Crippen LogP contribution in [0.15, 0.2) is 30.3 Å². The minimum absolute atomic E-state index is 0.0212. The van der Waals surface area contributed by atoms with E-state index in [2.05, 4.69) is 5.32 Å². The molecule has 2 unspecified atom stereocenters. The summed E-state index contributed by atoms with van der Waals surface area (Å²) in [5, 5.41) is 2.75. The van der Waals surface area contributed by atoms with Gasteiger partial charge in [-0.15, -0.1) is 0 Å². The van der Waals surface area contributed by atoms with Crippen LogP contribution in [0.5, 0.6) is 5.75 Å². The van der Waals surface area contributed by atoms with E-state index in [1.807, 2.05) is 18.2 Å². The number of nitrogens with one attached hydrogen (secondary N) is 1. The van der Waals surface area contributed by atoms with Gasteiger partial charge in [0.05, 0.1) is 11.5 Å². The molecule has 1 aliphatic rings.